The Labute approximate surface area is 123 Å². The van der Waals surface area contributed by atoms with E-state index in [-0.39, 0.29) is 11.5 Å². The molecule has 2 atom stereocenters. The smallest absolute Gasteiger partial charge is 0.139 e. The molecule has 1 aromatic heterocycles. The Bertz CT molecular complexity index is 444. The van der Waals surface area contributed by atoms with E-state index >= 15 is 0 Å². The van der Waals surface area contributed by atoms with Crippen LogP contribution in [0.1, 0.15) is 44.9 Å². The maximum atomic E-state index is 6.33. The van der Waals surface area contributed by atoms with Crippen molar-refractivity contribution in [3.05, 3.63) is 22.9 Å². The van der Waals surface area contributed by atoms with Gasteiger partial charge in [-0.3, -0.25) is 4.98 Å². The first-order chi connectivity index (χ1) is 9.21. The molecule has 2 saturated carbocycles. The topological polar surface area (TPSA) is 48.1 Å². The second-order valence-electron chi connectivity index (χ2n) is 5.93. The van der Waals surface area contributed by atoms with E-state index in [1.807, 2.05) is 6.07 Å². The quantitative estimate of drug-likeness (QED) is 0.903. The largest absolute Gasteiger partial charge is 0.488 e. The molecule has 1 spiro atoms. The molecule has 2 unspecified atom stereocenters. The Morgan fingerprint density at radius 1 is 1.21 bits per heavy atom. The van der Waals surface area contributed by atoms with E-state index in [1.165, 1.54) is 38.5 Å². The summed E-state index contributed by atoms with van der Waals surface area (Å²) in [4.78, 5) is 4.16. The molecule has 104 valence electrons. The van der Waals surface area contributed by atoms with E-state index in [9.17, 15) is 0 Å². The summed E-state index contributed by atoms with van der Waals surface area (Å²) in [7, 11) is 0. The minimum Gasteiger partial charge on any atom is -0.488 e. The SMILES string of the molecule is NC1CC(Oc2cncc(Br)c2)C12CCCCCC2. The fraction of sp³-hybridized carbons (Fsp3) is 0.667. The van der Waals surface area contributed by atoms with Gasteiger partial charge in [-0.05, 0) is 34.8 Å². The lowest BCUT2D eigenvalue weighted by molar-refractivity contribution is -0.0772. The van der Waals surface area contributed by atoms with Gasteiger partial charge in [-0.15, -0.1) is 0 Å². The Hall–Kier alpha value is -0.610. The summed E-state index contributed by atoms with van der Waals surface area (Å²) in [5.41, 5.74) is 6.55. The van der Waals surface area contributed by atoms with Crippen molar-refractivity contribution in [2.24, 2.45) is 11.1 Å². The highest BCUT2D eigenvalue weighted by Crippen LogP contribution is 2.51. The van der Waals surface area contributed by atoms with Crippen LogP contribution >= 0.6 is 15.9 Å². The zero-order valence-electron chi connectivity index (χ0n) is 11.1. The number of pyridine rings is 1. The fourth-order valence-corrected chi connectivity index (χ4v) is 3.99. The summed E-state index contributed by atoms with van der Waals surface area (Å²) in [5.74, 6) is 0.856. The van der Waals surface area contributed by atoms with Crippen molar-refractivity contribution < 1.29 is 4.74 Å². The van der Waals surface area contributed by atoms with Crippen LogP contribution in [0.25, 0.3) is 0 Å². The van der Waals surface area contributed by atoms with Crippen LogP contribution in [-0.2, 0) is 0 Å². The summed E-state index contributed by atoms with van der Waals surface area (Å²) in [6.07, 6.45) is 12.6. The monoisotopic (exact) mass is 324 g/mol. The van der Waals surface area contributed by atoms with Crippen molar-refractivity contribution in [3.8, 4) is 5.75 Å². The van der Waals surface area contributed by atoms with Crippen molar-refractivity contribution in [2.45, 2.75) is 57.1 Å². The third kappa shape index (κ3) is 2.52. The molecule has 1 heterocycles. The van der Waals surface area contributed by atoms with E-state index < -0.39 is 0 Å². The number of hydrogen-bond donors (Lipinski definition) is 1. The lowest BCUT2D eigenvalue weighted by Crippen LogP contribution is -2.63. The van der Waals surface area contributed by atoms with Gasteiger partial charge >= 0.3 is 0 Å². The Kier molecular flexibility index (Phi) is 3.81. The molecule has 1 aromatic rings. The predicted molar refractivity (Wildman–Crippen MR) is 79.1 cm³/mol. The second-order valence-corrected chi connectivity index (χ2v) is 6.85. The highest BCUT2D eigenvalue weighted by atomic mass is 79.9. The third-order valence-corrected chi connectivity index (χ3v) is 5.27. The maximum Gasteiger partial charge on any atom is 0.139 e. The molecule has 0 radical (unpaired) electrons. The van der Waals surface area contributed by atoms with Gasteiger partial charge in [-0.25, -0.2) is 0 Å². The fourth-order valence-electron chi connectivity index (χ4n) is 3.64. The van der Waals surface area contributed by atoms with Gasteiger partial charge in [0, 0.05) is 28.5 Å². The molecular weight excluding hydrogens is 304 g/mol. The van der Waals surface area contributed by atoms with E-state index in [2.05, 4.69) is 20.9 Å². The molecule has 0 amide bonds. The molecule has 2 N–H and O–H groups in total. The van der Waals surface area contributed by atoms with Crippen LogP contribution in [0.5, 0.6) is 5.75 Å². The molecule has 2 aliphatic rings. The van der Waals surface area contributed by atoms with Crippen molar-refractivity contribution in [2.75, 3.05) is 0 Å². The summed E-state index contributed by atoms with van der Waals surface area (Å²) in [5, 5.41) is 0. The molecule has 19 heavy (non-hydrogen) atoms. The normalized spacial score (nSPS) is 29.6. The molecule has 3 nitrogen and oxygen atoms in total. The van der Waals surface area contributed by atoms with E-state index in [0.29, 0.717) is 6.04 Å². The number of nitrogens with zero attached hydrogens (tertiary/aromatic N) is 1. The maximum absolute atomic E-state index is 6.33. The van der Waals surface area contributed by atoms with Crippen LogP contribution in [0.2, 0.25) is 0 Å². The van der Waals surface area contributed by atoms with Gasteiger partial charge in [-0.1, -0.05) is 25.7 Å². The summed E-state index contributed by atoms with van der Waals surface area (Å²) in [6, 6.07) is 2.30. The standard InChI is InChI=1S/C15H21BrN2O/c16-11-7-12(10-18-9-11)19-14-8-13(17)15(14)5-3-1-2-4-6-15/h7,9-10,13-14H,1-6,8,17H2. The molecular formula is C15H21BrN2O. The number of rotatable bonds is 2. The number of ether oxygens (including phenoxy) is 1. The molecule has 0 aromatic carbocycles. The first-order valence-electron chi connectivity index (χ1n) is 7.23. The van der Waals surface area contributed by atoms with Crippen molar-refractivity contribution in [3.63, 3.8) is 0 Å². The highest BCUT2D eigenvalue weighted by Gasteiger charge is 2.54. The van der Waals surface area contributed by atoms with Crippen molar-refractivity contribution in [1.29, 1.82) is 0 Å². The first-order valence-corrected chi connectivity index (χ1v) is 8.03. The van der Waals surface area contributed by atoms with Crippen LogP contribution in [0.15, 0.2) is 22.9 Å². The van der Waals surface area contributed by atoms with Crippen LogP contribution in [0, 0.1) is 5.41 Å². The molecule has 0 bridgehead atoms. The minimum atomic E-state index is 0.221. The van der Waals surface area contributed by atoms with Gasteiger partial charge in [0.25, 0.3) is 0 Å². The van der Waals surface area contributed by atoms with E-state index in [1.54, 1.807) is 12.4 Å². The van der Waals surface area contributed by atoms with Crippen molar-refractivity contribution >= 4 is 15.9 Å². The molecule has 4 heteroatoms. The Morgan fingerprint density at radius 3 is 2.58 bits per heavy atom. The van der Waals surface area contributed by atoms with Gasteiger partial charge in [0.1, 0.15) is 11.9 Å². The molecule has 0 aliphatic heterocycles. The Morgan fingerprint density at radius 2 is 1.95 bits per heavy atom. The number of hydrogen-bond acceptors (Lipinski definition) is 3. The van der Waals surface area contributed by atoms with Crippen molar-refractivity contribution in [1.82, 2.24) is 4.98 Å². The summed E-state index contributed by atoms with van der Waals surface area (Å²) < 4.78 is 7.14. The number of halogens is 1. The van der Waals surface area contributed by atoms with Crippen LogP contribution in [0.3, 0.4) is 0 Å². The Balaban J connectivity index is 1.74. The average molecular weight is 325 g/mol. The second kappa shape index (κ2) is 5.41. The third-order valence-electron chi connectivity index (χ3n) is 4.84. The highest BCUT2D eigenvalue weighted by molar-refractivity contribution is 9.10. The molecule has 3 rings (SSSR count). The predicted octanol–water partition coefficient (Wildman–Crippen LogP) is 3.66. The number of nitrogens with two attached hydrogens (primary N) is 1. The van der Waals surface area contributed by atoms with Gasteiger partial charge in [0.2, 0.25) is 0 Å². The lowest BCUT2D eigenvalue weighted by Gasteiger charge is -2.54. The van der Waals surface area contributed by atoms with Gasteiger partial charge < -0.3 is 10.5 Å². The summed E-state index contributed by atoms with van der Waals surface area (Å²) >= 11 is 3.44. The zero-order valence-corrected chi connectivity index (χ0v) is 12.7. The van der Waals surface area contributed by atoms with E-state index in [0.717, 1.165) is 16.6 Å². The lowest BCUT2D eigenvalue weighted by atomic mass is 9.58. The summed E-state index contributed by atoms with van der Waals surface area (Å²) in [6.45, 7) is 0. The van der Waals surface area contributed by atoms with Crippen LogP contribution < -0.4 is 10.5 Å². The van der Waals surface area contributed by atoms with Crippen LogP contribution in [0.4, 0.5) is 0 Å². The number of aromatic nitrogens is 1. The van der Waals surface area contributed by atoms with Gasteiger partial charge in [0.05, 0.1) is 6.20 Å². The zero-order chi connectivity index (χ0) is 13.3. The average Bonchev–Trinajstić information content (AvgIpc) is 2.66. The van der Waals surface area contributed by atoms with Gasteiger partial charge in [0.15, 0.2) is 0 Å². The minimum absolute atomic E-state index is 0.221. The van der Waals surface area contributed by atoms with E-state index in [4.69, 9.17) is 10.5 Å². The first kappa shape index (κ1) is 13.4. The molecule has 0 saturated heterocycles. The van der Waals surface area contributed by atoms with Crippen LogP contribution in [-0.4, -0.2) is 17.1 Å². The molecule has 2 aliphatic carbocycles. The molecule has 2 fully saturated rings. The van der Waals surface area contributed by atoms with Gasteiger partial charge in [-0.2, -0.15) is 0 Å².